The maximum absolute atomic E-state index is 12.5. The van der Waals surface area contributed by atoms with Crippen LogP contribution in [0.4, 0.5) is 11.5 Å². The number of aromatic nitrogens is 4. The molecule has 0 aliphatic heterocycles. The number of nitrogens with one attached hydrogen (secondary N) is 2. The van der Waals surface area contributed by atoms with E-state index in [1.807, 2.05) is 36.4 Å². The molecule has 0 saturated carbocycles. The Morgan fingerprint density at radius 2 is 1.81 bits per heavy atom. The van der Waals surface area contributed by atoms with Crippen molar-refractivity contribution in [3.05, 3.63) is 75.7 Å². The number of para-hydroxylation sites is 1. The van der Waals surface area contributed by atoms with Gasteiger partial charge in [-0.25, -0.2) is 4.79 Å². The van der Waals surface area contributed by atoms with Crippen molar-refractivity contribution < 1.29 is 9.47 Å². The van der Waals surface area contributed by atoms with Crippen LogP contribution in [-0.2, 0) is 17.8 Å². The summed E-state index contributed by atoms with van der Waals surface area (Å²) < 4.78 is 12.0. The summed E-state index contributed by atoms with van der Waals surface area (Å²) in [6.45, 7) is 3.82. The van der Waals surface area contributed by atoms with Gasteiger partial charge in [-0.3, -0.25) is 4.57 Å². The maximum Gasteiger partial charge on any atom is 0.328 e. The van der Waals surface area contributed by atoms with Crippen LogP contribution in [0.25, 0.3) is 11.2 Å². The summed E-state index contributed by atoms with van der Waals surface area (Å²) in [4.78, 5) is 23.7. The summed E-state index contributed by atoms with van der Waals surface area (Å²) in [5.74, 6) is 0.163. The molecular weight excluding hydrogens is 408 g/mol. The fourth-order valence-electron chi connectivity index (χ4n) is 3.37. The van der Waals surface area contributed by atoms with Crippen LogP contribution in [0.15, 0.2) is 53.3 Å². The number of ether oxygens (including phenoxy) is 2. The van der Waals surface area contributed by atoms with Crippen LogP contribution in [0, 0.1) is 6.92 Å². The van der Waals surface area contributed by atoms with Crippen molar-refractivity contribution in [1.29, 1.82) is 0 Å². The Balaban J connectivity index is 1.50. The molecule has 2 aromatic heterocycles. The molecule has 4 N–H and O–H groups in total. The smallest absolute Gasteiger partial charge is 0.328 e. The van der Waals surface area contributed by atoms with E-state index in [1.165, 1.54) is 10.1 Å². The number of anilines is 2. The normalized spacial score (nSPS) is 11.1. The lowest BCUT2D eigenvalue weighted by molar-refractivity contribution is 0.141. The van der Waals surface area contributed by atoms with Gasteiger partial charge in [0, 0.05) is 19.3 Å². The number of hydrogen-bond acceptors (Lipinski definition) is 7. The molecule has 2 heterocycles. The monoisotopic (exact) mass is 434 g/mol. The van der Waals surface area contributed by atoms with E-state index >= 15 is 0 Å². The number of aromatic amines is 1. The Morgan fingerprint density at radius 3 is 2.56 bits per heavy atom. The summed E-state index contributed by atoms with van der Waals surface area (Å²) in [6, 6.07) is 16.4. The number of H-pyrrole nitrogens is 1. The molecule has 4 aromatic rings. The third kappa shape index (κ3) is 4.73. The number of imidazole rings is 1. The minimum atomic E-state index is -0.305. The van der Waals surface area contributed by atoms with Crippen molar-refractivity contribution in [1.82, 2.24) is 19.5 Å². The molecule has 9 heteroatoms. The Bertz CT molecular complexity index is 1260. The Kier molecular flexibility index (Phi) is 6.37. The molecule has 0 aliphatic carbocycles. The van der Waals surface area contributed by atoms with Gasteiger partial charge < -0.3 is 25.5 Å². The van der Waals surface area contributed by atoms with Gasteiger partial charge in [0.2, 0.25) is 0 Å². The highest BCUT2D eigenvalue weighted by atomic mass is 16.5. The fourth-order valence-corrected chi connectivity index (χ4v) is 3.37. The minimum Gasteiger partial charge on any atom is -0.461 e. The van der Waals surface area contributed by atoms with Gasteiger partial charge in [0.1, 0.15) is 12.1 Å². The lowest BCUT2D eigenvalue weighted by atomic mass is 10.1. The summed E-state index contributed by atoms with van der Waals surface area (Å²) in [6.07, 6.45) is 0. The number of nitrogens with two attached hydrogens (primary N) is 1. The number of aryl methyl sites for hydroxylation is 1. The average molecular weight is 435 g/mol. The van der Waals surface area contributed by atoms with Gasteiger partial charge in [-0.05, 0) is 29.7 Å². The van der Waals surface area contributed by atoms with Crippen molar-refractivity contribution in [2.75, 3.05) is 31.4 Å². The highest BCUT2D eigenvalue weighted by Gasteiger charge is 2.15. The van der Waals surface area contributed by atoms with Crippen LogP contribution >= 0.6 is 0 Å². The molecule has 0 saturated heterocycles. The second kappa shape index (κ2) is 9.52. The van der Waals surface area contributed by atoms with Crippen LogP contribution < -0.4 is 21.5 Å². The molecule has 0 fully saturated rings. The molecule has 0 atom stereocenters. The maximum atomic E-state index is 12.5. The third-order valence-electron chi connectivity index (χ3n) is 5.14. The molecule has 0 bridgehead atoms. The predicted octanol–water partition coefficient (Wildman–Crippen LogP) is 2.70. The molecule has 4 rings (SSSR count). The van der Waals surface area contributed by atoms with E-state index in [2.05, 4.69) is 39.3 Å². The Labute approximate surface area is 185 Å². The lowest BCUT2D eigenvalue weighted by Crippen LogP contribution is -2.18. The molecule has 0 radical (unpaired) electrons. The van der Waals surface area contributed by atoms with E-state index in [4.69, 9.17) is 15.2 Å². The summed E-state index contributed by atoms with van der Waals surface area (Å²) >= 11 is 0. The van der Waals surface area contributed by atoms with Crippen LogP contribution in [0.1, 0.15) is 16.7 Å². The van der Waals surface area contributed by atoms with E-state index in [1.54, 1.807) is 7.11 Å². The zero-order valence-corrected chi connectivity index (χ0v) is 18.1. The first-order chi connectivity index (χ1) is 15.5. The van der Waals surface area contributed by atoms with Crippen LogP contribution in [0.2, 0.25) is 0 Å². The van der Waals surface area contributed by atoms with Crippen LogP contribution in [-0.4, -0.2) is 39.8 Å². The van der Waals surface area contributed by atoms with Crippen LogP contribution in [0.5, 0.6) is 6.01 Å². The van der Waals surface area contributed by atoms with Gasteiger partial charge in [0.15, 0.2) is 11.5 Å². The summed E-state index contributed by atoms with van der Waals surface area (Å²) in [7, 11) is 1.58. The van der Waals surface area contributed by atoms with E-state index in [0.717, 1.165) is 16.8 Å². The zero-order valence-electron chi connectivity index (χ0n) is 18.1. The standard InChI is InChI=1S/C23H26N6O3/c1-15-5-3-4-6-18(15)25-13-16-7-9-17(10-8-16)14-29-21-19(26-23(29)30)20(24)27-22(28-21)32-12-11-31-2/h3-10,25H,11-14H2,1-2H3,(H,26,30)(H2,24,27,28). The van der Waals surface area contributed by atoms with Gasteiger partial charge in [-0.1, -0.05) is 42.5 Å². The highest BCUT2D eigenvalue weighted by molar-refractivity contribution is 5.81. The predicted molar refractivity (Wildman–Crippen MR) is 124 cm³/mol. The SMILES string of the molecule is COCCOc1nc(N)c2[nH]c(=O)n(Cc3ccc(CNc4ccccc4C)cc3)c2n1. The molecule has 0 aliphatic rings. The second-order valence-electron chi connectivity index (χ2n) is 7.43. The Hall–Kier alpha value is -3.85. The molecule has 2 aromatic carbocycles. The topological polar surface area (TPSA) is 120 Å². The molecule has 32 heavy (non-hydrogen) atoms. The molecule has 0 unspecified atom stereocenters. The van der Waals surface area contributed by atoms with Crippen molar-refractivity contribution >= 4 is 22.7 Å². The quantitative estimate of drug-likeness (QED) is 0.346. The van der Waals surface area contributed by atoms with Crippen molar-refractivity contribution in [2.45, 2.75) is 20.0 Å². The van der Waals surface area contributed by atoms with Crippen LogP contribution in [0.3, 0.4) is 0 Å². The second-order valence-corrected chi connectivity index (χ2v) is 7.43. The number of rotatable bonds is 9. The lowest BCUT2D eigenvalue weighted by Gasteiger charge is -2.10. The molecule has 0 amide bonds. The third-order valence-corrected chi connectivity index (χ3v) is 5.14. The first-order valence-electron chi connectivity index (χ1n) is 10.3. The van der Waals surface area contributed by atoms with E-state index < -0.39 is 0 Å². The first kappa shape index (κ1) is 21.4. The van der Waals surface area contributed by atoms with Crippen molar-refractivity contribution in [3.8, 4) is 6.01 Å². The van der Waals surface area contributed by atoms with Gasteiger partial charge in [0.25, 0.3) is 0 Å². The van der Waals surface area contributed by atoms with Gasteiger partial charge in [0.05, 0.1) is 13.2 Å². The van der Waals surface area contributed by atoms with Gasteiger partial charge in [-0.15, -0.1) is 0 Å². The highest BCUT2D eigenvalue weighted by Crippen LogP contribution is 2.19. The summed E-state index contributed by atoms with van der Waals surface area (Å²) in [5, 5.41) is 3.45. The Morgan fingerprint density at radius 1 is 1.06 bits per heavy atom. The molecule has 0 spiro atoms. The van der Waals surface area contributed by atoms with E-state index in [-0.39, 0.29) is 24.1 Å². The van der Waals surface area contributed by atoms with Gasteiger partial charge >= 0.3 is 11.7 Å². The number of benzene rings is 2. The number of methoxy groups -OCH3 is 1. The largest absolute Gasteiger partial charge is 0.461 e. The number of hydrogen-bond donors (Lipinski definition) is 3. The fraction of sp³-hybridized carbons (Fsp3) is 0.261. The number of fused-ring (bicyclic) bond motifs is 1. The van der Waals surface area contributed by atoms with Crippen molar-refractivity contribution in [3.63, 3.8) is 0 Å². The van der Waals surface area contributed by atoms with Gasteiger partial charge in [-0.2, -0.15) is 9.97 Å². The summed E-state index contributed by atoms with van der Waals surface area (Å²) in [5.41, 5.74) is 10.9. The minimum absolute atomic E-state index is 0.109. The molecule has 166 valence electrons. The van der Waals surface area contributed by atoms with E-state index in [9.17, 15) is 4.79 Å². The van der Waals surface area contributed by atoms with E-state index in [0.29, 0.717) is 30.9 Å². The molecule has 9 nitrogen and oxygen atoms in total. The zero-order chi connectivity index (χ0) is 22.5. The molecular formula is C23H26N6O3. The number of nitrogen functional groups attached to an aromatic ring is 1. The van der Waals surface area contributed by atoms with Crippen molar-refractivity contribution in [2.24, 2.45) is 0 Å². The first-order valence-corrected chi connectivity index (χ1v) is 10.3. The number of nitrogens with zero attached hydrogens (tertiary/aromatic N) is 3. The average Bonchev–Trinajstić information content (AvgIpc) is 3.10.